The second-order valence-electron chi connectivity index (χ2n) is 5.82. The lowest BCUT2D eigenvalue weighted by Crippen LogP contribution is -2.36. The standard InChI is InChI=1S/C14H23N3O2S/c1-10-6-5-7-12(15)14(10)20(18,19)17-8-11(2)13(9-17)16(3)4/h5-7,11,13H,8-9,15H2,1-4H3. The third-order valence-corrected chi connectivity index (χ3v) is 6.09. The van der Waals surface area contributed by atoms with Gasteiger partial charge in [-0.2, -0.15) is 4.31 Å². The lowest BCUT2D eigenvalue weighted by atomic mass is 10.1. The molecule has 1 aliphatic rings. The number of nitrogens with two attached hydrogens (primary N) is 1. The smallest absolute Gasteiger partial charge is 0.245 e. The molecule has 1 fully saturated rings. The average Bonchev–Trinajstić information content (AvgIpc) is 2.71. The third kappa shape index (κ3) is 2.55. The Morgan fingerprint density at radius 2 is 1.95 bits per heavy atom. The van der Waals surface area contributed by atoms with Crippen LogP contribution in [0, 0.1) is 12.8 Å². The second kappa shape index (κ2) is 5.35. The van der Waals surface area contributed by atoms with Crippen LogP contribution in [0.1, 0.15) is 12.5 Å². The molecule has 0 aromatic heterocycles. The second-order valence-corrected chi connectivity index (χ2v) is 7.70. The summed E-state index contributed by atoms with van der Waals surface area (Å²) >= 11 is 0. The topological polar surface area (TPSA) is 66.6 Å². The molecular formula is C14H23N3O2S. The van der Waals surface area contributed by atoms with Crippen LogP contribution in [0.15, 0.2) is 23.1 Å². The van der Waals surface area contributed by atoms with Crippen LogP contribution in [-0.4, -0.2) is 50.8 Å². The van der Waals surface area contributed by atoms with Crippen molar-refractivity contribution >= 4 is 15.7 Å². The summed E-state index contributed by atoms with van der Waals surface area (Å²) in [6.07, 6.45) is 0. The minimum atomic E-state index is -3.52. The fourth-order valence-corrected chi connectivity index (χ4v) is 4.81. The molecule has 1 aromatic rings. The van der Waals surface area contributed by atoms with Crippen molar-refractivity contribution in [2.24, 2.45) is 5.92 Å². The number of anilines is 1. The normalized spacial score (nSPS) is 24.4. The van der Waals surface area contributed by atoms with Crippen molar-refractivity contribution in [1.82, 2.24) is 9.21 Å². The van der Waals surface area contributed by atoms with E-state index in [1.165, 1.54) is 0 Å². The molecule has 1 saturated heterocycles. The van der Waals surface area contributed by atoms with Crippen LogP contribution in [0.4, 0.5) is 5.69 Å². The van der Waals surface area contributed by atoms with Gasteiger partial charge in [-0.05, 0) is 38.6 Å². The lowest BCUT2D eigenvalue weighted by Gasteiger charge is -2.23. The van der Waals surface area contributed by atoms with Crippen molar-refractivity contribution in [2.75, 3.05) is 32.9 Å². The van der Waals surface area contributed by atoms with E-state index in [2.05, 4.69) is 11.8 Å². The van der Waals surface area contributed by atoms with Crippen LogP contribution >= 0.6 is 0 Å². The summed E-state index contributed by atoms with van der Waals surface area (Å²) < 4.78 is 27.2. The van der Waals surface area contributed by atoms with Crippen molar-refractivity contribution in [2.45, 2.75) is 24.8 Å². The highest BCUT2D eigenvalue weighted by molar-refractivity contribution is 7.89. The number of rotatable bonds is 3. The van der Waals surface area contributed by atoms with Gasteiger partial charge in [0.1, 0.15) is 4.90 Å². The summed E-state index contributed by atoms with van der Waals surface area (Å²) in [6, 6.07) is 5.45. The van der Waals surface area contributed by atoms with E-state index in [1.807, 2.05) is 14.1 Å². The zero-order valence-corrected chi connectivity index (χ0v) is 13.3. The Balaban J connectivity index is 2.38. The Hall–Kier alpha value is -1.11. The quantitative estimate of drug-likeness (QED) is 0.850. The van der Waals surface area contributed by atoms with Crippen molar-refractivity contribution in [3.63, 3.8) is 0 Å². The van der Waals surface area contributed by atoms with E-state index in [1.54, 1.807) is 29.4 Å². The Labute approximate surface area is 121 Å². The first-order valence-corrected chi connectivity index (χ1v) is 8.21. The van der Waals surface area contributed by atoms with Gasteiger partial charge in [-0.15, -0.1) is 0 Å². The number of benzene rings is 1. The van der Waals surface area contributed by atoms with Crippen LogP contribution in [-0.2, 0) is 10.0 Å². The molecule has 1 heterocycles. The summed E-state index contributed by atoms with van der Waals surface area (Å²) in [6.45, 7) is 4.93. The summed E-state index contributed by atoms with van der Waals surface area (Å²) in [7, 11) is 0.453. The fraction of sp³-hybridized carbons (Fsp3) is 0.571. The first kappa shape index (κ1) is 15.3. The monoisotopic (exact) mass is 297 g/mol. The van der Waals surface area contributed by atoms with Crippen LogP contribution in [0.5, 0.6) is 0 Å². The van der Waals surface area contributed by atoms with Gasteiger partial charge in [0.05, 0.1) is 5.69 Å². The Morgan fingerprint density at radius 1 is 1.30 bits per heavy atom. The van der Waals surface area contributed by atoms with E-state index in [4.69, 9.17) is 5.73 Å². The molecule has 2 atom stereocenters. The number of nitrogen functional groups attached to an aromatic ring is 1. The van der Waals surface area contributed by atoms with Crippen molar-refractivity contribution in [3.05, 3.63) is 23.8 Å². The van der Waals surface area contributed by atoms with E-state index < -0.39 is 10.0 Å². The predicted molar refractivity (Wildman–Crippen MR) is 81.0 cm³/mol. The summed E-state index contributed by atoms with van der Waals surface area (Å²) in [5, 5.41) is 0. The van der Waals surface area contributed by atoms with E-state index >= 15 is 0 Å². The van der Waals surface area contributed by atoms with Crippen LogP contribution < -0.4 is 5.73 Å². The molecule has 2 unspecified atom stereocenters. The number of hydrogen-bond acceptors (Lipinski definition) is 4. The number of nitrogens with zero attached hydrogens (tertiary/aromatic N) is 2. The molecule has 0 radical (unpaired) electrons. The first-order chi connectivity index (χ1) is 9.25. The van der Waals surface area contributed by atoms with Crippen molar-refractivity contribution < 1.29 is 8.42 Å². The summed E-state index contributed by atoms with van der Waals surface area (Å²) in [4.78, 5) is 2.34. The Morgan fingerprint density at radius 3 is 2.45 bits per heavy atom. The van der Waals surface area contributed by atoms with Gasteiger partial charge in [0, 0.05) is 19.1 Å². The van der Waals surface area contributed by atoms with Gasteiger partial charge in [0.25, 0.3) is 0 Å². The zero-order valence-electron chi connectivity index (χ0n) is 12.5. The highest BCUT2D eigenvalue weighted by Crippen LogP contribution is 2.30. The van der Waals surface area contributed by atoms with Gasteiger partial charge in [0.15, 0.2) is 0 Å². The Kier molecular flexibility index (Phi) is 4.09. The molecule has 2 N–H and O–H groups in total. The van der Waals surface area contributed by atoms with Crippen LogP contribution in [0.2, 0.25) is 0 Å². The molecule has 0 amide bonds. The molecule has 20 heavy (non-hydrogen) atoms. The molecule has 1 aromatic carbocycles. The molecule has 2 rings (SSSR count). The van der Waals surface area contributed by atoms with Crippen molar-refractivity contribution in [1.29, 1.82) is 0 Å². The SMILES string of the molecule is Cc1cccc(N)c1S(=O)(=O)N1CC(C)C(N(C)C)C1. The molecule has 112 valence electrons. The molecule has 0 saturated carbocycles. The van der Waals surface area contributed by atoms with Gasteiger partial charge in [-0.1, -0.05) is 19.1 Å². The van der Waals surface area contributed by atoms with E-state index in [9.17, 15) is 8.42 Å². The third-order valence-electron chi connectivity index (χ3n) is 4.04. The number of aryl methyl sites for hydroxylation is 1. The number of hydrogen-bond donors (Lipinski definition) is 1. The van der Waals surface area contributed by atoms with Crippen molar-refractivity contribution in [3.8, 4) is 0 Å². The maximum atomic E-state index is 12.8. The zero-order chi connectivity index (χ0) is 15.1. The largest absolute Gasteiger partial charge is 0.398 e. The summed E-state index contributed by atoms with van der Waals surface area (Å²) in [5.41, 5.74) is 6.91. The Bertz CT molecular complexity index is 578. The molecular weight excluding hydrogens is 274 g/mol. The molecule has 0 spiro atoms. The molecule has 5 nitrogen and oxygen atoms in total. The average molecular weight is 297 g/mol. The number of sulfonamides is 1. The minimum Gasteiger partial charge on any atom is -0.398 e. The van der Waals surface area contributed by atoms with Gasteiger partial charge >= 0.3 is 0 Å². The highest BCUT2D eigenvalue weighted by Gasteiger charge is 2.39. The van der Waals surface area contributed by atoms with Gasteiger partial charge in [-0.3, -0.25) is 0 Å². The maximum Gasteiger partial charge on any atom is 0.245 e. The van der Waals surface area contributed by atoms with Gasteiger partial charge in [-0.25, -0.2) is 8.42 Å². The molecule has 1 aliphatic heterocycles. The van der Waals surface area contributed by atoms with Crippen LogP contribution in [0.3, 0.4) is 0 Å². The minimum absolute atomic E-state index is 0.245. The van der Waals surface area contributed by atoms with Gasteiger partial charge < -0.3 is 10.6 Å². The number of likely N-dealkylation sites (N-methyl/N-ethyl adjacent to an activating group) is 1. The van der Waals surface area contributed by atoms with E-state index in [0.29, 0.717) is 30.3 Å². The molecule has 0 bridgehead atoms. The van der Waals surface area contributed by atoms with Crippen LogP contribution in [0.25, 0.3) is 0 Å². The highest BCUT2D eigenvalue weighted by atomic mass is 32.2. The molecule has 0 aliphatic carbocycles. The molecule has 6 heteroatoms. The maximum absolute atomic E-state index is 12.8. The van der Waals surface area contributed by atoms with E-state index in [0.717, 1.165) is 0 Å². The lowest BCUT2D eigenvalue weighted by molar-refractivity contribution is 0.263. The van der Waals surface area contributed by atoms with E-state index in [-0.39, 0.29) is 10.9 Å². The summed E-state index contributed by atoms with van der Waals surface area (Å²) in [5.74, 6) is 0.310. The fourth-order valence-electron chi connectivity index (χ4n) is 2.93. The van der Waals surface area contributed by atoms with Gasteiger partial charge in [0.2, 0.25) is 10.0 Å². The predicted octanol–water partition coefficient (Wildman–Crippen LogP) is 1.15. The first-order valence-electron chi connectivity index (χ1n) is 6.76.